The van der Waals surface area contributed by atoms with Crippen LogP contribution in [-0.4, -0.2) is 6.04 Å². The maximum absolute atomic E-state index is 5.51. The first-order valence-electron chi connectivity index (χ1n) is 4.95. The van der Waals surface area contributed by atoms with Crippen LogP contribution in [0.1, 0.15) is 41.0 Å². The lowest BCUT2D eigenvalue weighted by molar-refractivity contribution is 0.266. The van der Waals surface area contributed by atoms with Crippen molar-refractivity contribution in [3.05, 3.63) is 0 Å². The number of nitrogens with two attached hydrogens (primary N) is 1. The van der Waals surface area contributed by atoms with E-state index in [1.54, 1.807) is 0 Å². The third-order valence-electron chi connectivity index (χ3n) is 2.63. The zero-order chi connectivity index (χ0) is 9.72. The molecule has 2 unspecified atom stereocenters. The van der Waals surface area contributed by atoms with Crippen LogP contribution in [0.15, 0.2) is 0 Å². The third-order valence-corrected chi connectivity index (χ3v) is 2.63. The molecule has 0 amide bonds. The van der Waals surface area contributed by atoms with Gasteiger partial charge in [0.1, 0.15) is 0 Å². The van der Waals surface area contributed by atoms with Crippen molar-refractivity contribution in [3.63, 3.8) is 0 Å². The Morgan fingerprint density at radius 2 is 1.58 bits per heavy atom. The van der Waals surface area contributed by atoms with Gasteiger partial charge in [-0.05, 0) is 24.2 Å². The van der Waals surface area contributed by atoms with E-state index >= 15 is 0 Å². The van der Waals surface area contributed by atoms with E-state index in [1.165, 1.54) is 0 Å². The summed E-state index contributed by atoms with van der Waals surface area (Å²) < 4.78 is 0. The van der Waals surface area contributed by atoms with Crippen molar-refractivity contribution in [3.8, 4) is 0 Å². The highest BCUT2D eigenvalue weighted by molar-refractivity contribution is 4.74. The Kier molecular flexibility index (Phi) is 5.51. The summed E-state index contributed by atoms with van der Waals surface area (Å²) in [5.41, 5.74) is 2.91. The minimum atomic E-state index is 0.463. The topological polar surface area (TPSA) is 38.0 Å². The molecule has 0 aliphatic carbocycles. The molecule has 0 aliphatic heterocycles. The van der Waals surface area contributed by atoms with Gasteiger partial charge in [-0.3, -0.25) is 11.3 Å². The highest BCUT2D eigenvalue weighted by atomic mass is 15.2. The summed E-state index contributed by atoms with van der Waals surface area (Å²) in [6.07, 6.45) is 1.16. The lowest BCUT2D eigenvalue weighted by atomic mass is 9.86. The fraction of sp³-hybridized carbons (Fsp3) is 1.00. The van der Waals surface area contributed by atoms with E-state index in [0.29, 0.717) is 23.8 Å². The largest absolute Gasteiger partial charge is 0.271 e. The first-order chi connectivity index (χ1) is 5.49. The number of rotatable bonds is 5. The van der Waals surface area contributed by atoms with Gasteiger partial charge < -0.3 is 0 Å². The zero-order valence-corrected chi connectivity index (χ0v) is 9.09. The van der Waals surface area contributed by atoms with E-state index in [-0.39, 0.29) is 0 Å². The predicted octanol–water partition coefficient (Wildman–Crippen LogP) is 2.16. The standard InChI is InChI=1S/C10H24N2/c1-7(2)6-10(12-11)9(5)8(3)4/h7-10,12H,6,11H2,1-5H3. The van der Waals surface area contributed by atoms with Crippen molar-refractivity contribution in [1.82, 2.24) is 5.43 Å². The van der Waals surface area contributed by atoms with Crippen molar-refractivity contribution in [2.45, 2.75) is 47.1 Å². The highest BCUT2D eigenvalue weighted by Crippen LogP contribution is 2.19. The van der Waals surface area contributed by atoms with E-state index in [4.69, 9.17) is 5.84 Å². The molecule has 0 aromatic rings. The summed E-state index contributed by atoms with van der Waals surface area (Å²) in [6, 6.07) is 0.463. The molecule has 2 atom stereocenters. The monoisotopic (exact) mass is 172 g/mol. The van der Waals surface area contributed by atoms with Gasteiger partial charge in [-0.1, -0.05) is 34.6 Å². The van der Waals surface area contributed by atoms with Gasteiger partial charge in [-0.15, -0.1) is 0 Å². The third kappa shape index (κ3) is 4.07. The molecule has 2 nitrogen and oxygen atoms in total. The molecule has 0 aromatic carbocycles. The average molecular weight is 172 g/mol. The molecule has 0 spiro atoms. The Bertz CT molecular complexity index is 110. The van der Waals surface area contributed by atoms with Gasteiger partial charge in [0, 0.05) is 6.04 Å². The summed E-state index contributed by atoms with van der Waals surface area (Å²) in [6.45, 7) is 11.2. The highest BCUT2D eigenvalue weighted by Gasteiger charge is 2.19. The van der Waals surface area contributed by atoms with Gasteiger partial charge in [-0.2, -0.15) is 0 Å². The van der Waals surface area contributed by atoms with Crippen LogP contribution in [0.3, 0.4) is 0 Å². The van der Waals surface area contributed by atoms with E-state index in [2.05, 4.69) is 40.0 Å². The van der Waals surface area contributed by atoms with Crippen molar-refractivity contribution < 1.29 is 0 Å². The molecule has 74 valence electrons. The second-order valence-electron chi connectivity index (χ2n) is 4.51. The normalized spacial score (nSPS) is 17.0. The van der Waals surface area contributed by atoms with Crippen molar-refractivity contribution in [2.24, 2.45) is 23.6 Å². The molecule has 0 aliphatic rings. The summed E-state index contributed by atoms with van der Waals surface area (Å²) in [4.78, 5) is 0. The van der Waals surface area contributed by atoms with Crippen LogP contribution < -0.4 is 11.3 Å². The van der Waals surface area contributed by atoms with E-state index < -0.39 is 0 Å². The zero-order valence-electron chi connectivity index (χ0n) is 9.09. The molecule has 12 heavy (non-hydrogen) atoms. The molecular weight excluding hydrogens is 148 g/mol. The maximum Gasteiger partial charge on any atom is 0.0241 e. The molecule has 0 bridgehead atoms. The maximum atomic E-state index is 5.51. The Morgan fingerprint density at radius 3 is 1.83 bits per heavy atom. The lowest BCUT2D eigenvalue weighted by Crippen LogP contribution is -2.42. The van der Waals surface area contributed by atoms with Crippen LogP contribution in [-0.2, 0) is 0 Å². The minimum absolute atomic E-state index is 0.463. The van der Waals surface area contributed by atoms with Crippen molar-refractivity contribution >= 4 is 0 Å². The summed E-state index contributed by atoms with van der Waals surface area (Å²) >= 11 is 0. The summed E-state index contributed by atoms with van der Waals surface area (Å²) in [7, 11) is 0. The predicted molar refractivity (Wildman–Crippen MR) is 54.6 cm³/mol. The molecular formula is C10H24N2. The van der Waals surface area contributed by atoms with E-state index in [0.717, 1.165) is 6.42 Å². The fourth-order valence-corrected chi connectivity index (χ4v) is 1.41. The first-order valence-corrected chi connectivity index (χ1v) is 4.95. The number of hydrogen-bond donors (Lipinski definition) is 2. The molecule has 3 N–H and O–H groups in total. The molecule has 0 aromatic heterocycles. The Balaban J connectivity index is 3.96. The summed E-state index contributed by atoms with van der Waals surface area (Å²) in [5.74, 6) is 7.57. The van der Waals surface area contributed by atoms with Gasteiger partial charge in [0.05, 0.1) is 0 Å². The smallest absolute Gasteiger partial charge is 0.0241 e. The summed E-state index contributed by atoms with van der Waals surface area (Å²) in [5, 5.41) is 0. The lowest BCUT2D eigenvalue weighted by Gasteiger charge is -2.27. The van der Waals surface area contributed by atoms with Gasteiger partial charge in [0.15, 0.2) is 0 Å². The molecule has 0 fully saturated rings. The number of hydrazine groups is 1. The van der Waals surface area contributed by atoms with Crippen molar-refractivity contribution in [2.75, 3.05) is 0 Å². The Morgan fingerprint density at radius 1 is 1.08 bits per heavy atom. The fourth-order valence-electron chi connectivity index (χ4n) is 1.41. The van der Waals surface area contributed by atoms with Gasteiger partial charge in [0.25, 0.3) is 0 Å². The van der Waals surface area contributed by atoms with Crippen LogP contribution in [0.25, 0.3) is 0 Å². The molecule has 0 heterocycles. The first kappa shape index (κ1) is 11.9. The van der Waals surface area contributed by atoms with Gasteiger partial charge in [-0.25, -0.2) is 0 Å². The molecule has 0 saturated heterocycles. The second-order valence-corrected chi connectivity index (χ2v) is 4.51. The SMILES string of the molecule is CC(C)CC(NN)C(C)C(C)C. The second kappa shape index (κ2) is 5.55. The van der Waals surface area contributed by atoms with Gasteiger partial charge >= 0.3 is 0 Å². The van der Waals surface area contributed by atoms with Crippen LogP contribution in [0.5, 0.6) is 0 Å². The van der Waals surface area contributed by atoms with Gasteiger partial charge in [0.2, 0.25) is 0 Å². The molecule has 0 rings (SSSR count). The molecule has 0 saturated carbocycles. The quantitative estimate of drug-likeness (QED) is 0.492. The molecule has 0 radical (unpaired) electrons. The van der Waals surface area contributed by atoms with Crippen LogP contribution >= 0.6 is 0 Å². The Hall–Kier alpha value is -0.0800. The Labute approximate surface area is 76.9 Å². The van der Waals surface area contributed by atoms with E-state index in [9.17, 15) is 0 Å². The number of hydrogen-bond acceptors (Lipinski definition) is 2. The van der Waals surface area contributed by atoms with Crippen molar-refractivity contribution in [1.29, 1.82) is 0 Å². The minimum Gasteiger partial charge on any atom is -0.271 e. The average Bonchev–Trinajstić information content (AvgIpc) is 1.98. The van der Waals surface area contributed by atoms with Crippen LogP contribution in [0, 0.1) is 17.8 Å². The number of nitrogens with one attached hydrogen (secondary N) is 1. The molecule has 2 heteroatoms. The van der Waals surface area contributed by atoms with Crippen LogP contribution in [0.2, 0.25) is 0 Å². The van der Waals surface area contributed by atoms with Crippen LogP contribution in [0.4, 0.5) is 0 Å². The van der Waals surface area contributed by atoms with E-state index in [1.807, 2.05) is 0 Å².